The minimum Gasteiger partial charge on any atom is -0.468 e. The highest BCUT2D eigenvalue weighted by atomic mass is 16.5. The molecule has 0 aromatic carbocycles. The average molecular weight is 170 g/mol. The van der Waals surface area contributed by atoms with Gasteiger partial charge in [-0.15, -0.1) is 0 Å². The number of hydrogen-bond acceptors (Lipinski definition) is 5. The summed E-state index contributed by atoms with van der Waals surface area (Å²) in [6, 6.07) is -0.667. The molecule has 0 saturated heterocycles. The van der Waals surface area contributed by atoms with Crippen molar-refractivity contribution in [2.45, 2.75) is 12.5 Å². The second kappa shape index (κ2) is 3.87. The first-order valence-corrected chi connectivity index (χ1v) is 3.44. The summed E-state index contributed by atoms with van der Waals surface area (Å²) in [7, 11) is 1.30. The monoisotopic (exact) mass is 170 g/mol. The van der Waals surface area contributed by atoms with Crippen molar-refractivity contribution in [3.8, 4) is 0 Å². The Morgan fingerprint density at radius 3 is 3.17 bits per heavy atom. The van der Waals surface area contributed by atoms with E-state index in [0.29, 0.717) is 12.1 Å². The first-order valence-electron chi connectivity index (χ1n) is 3.44. The minimum absolute atomic E-state index is 0.336. The van der Waals surface area contributed by atoms with Crippen LogP contribution in [0.2, 0.25) is 0 Å². The first-order chi connectivity index (χ1) is 5.74. The lowest BCUT2D eigenvalue weighted by Crippen LogP contribution is -2.33. The van der Waals surface area contributed by atoms with Gasteiger partial charge in [0.25, 0.3) is 0 Å². The Hall–Kier alpha value is -1.36. The molecule has 0 aliphatic carbocycles. The summed E-state index contributed by atoms with van der Waals surface area (Å²) < 4.78 is 9.15. The van der Waals surface area contributed by atoms with E-state index >= 15 is 0 Å². The molecule has 1 aromatic heterocycles. The number of aromatic nitrogens is 1. The fourth-order valence-electron chi connectivity index (χ4n) is 0.798. The van der Waals surface area contributed by atoms with Gasteiger partial charge in [-0.25, -0.2) is 4.98 Å². The van der Waals surface area contributed by atoms with E-state index in [4.69, 9.17) is 10.2 Å². The predicted molar refractivity (Wildman–Crippen MR) is 40.2 cm³/mol. The first kappa shape index (κ1) is 8.73. The molecule has 0 radical (unpaired) electrons. The van der Waals surface area contributed by atoms with Crippen molar-refractivity contribution < 1.29 is 13.9 Å². The van der Waals surface area contributed by atoms with Crippen LogP contribution >= 0.6 is 0 Å². The molecule has 0 aliphatic heterocycles. The Labute approximate surface area is 69.5 Å². The van der Waals surface area contributed by atoms with Crippen molar-refractivity contribution in [3.63, 3.8) is 0 Å². The van der Waals surface area contributed by atoms with E-state index in [2.05, 4.69) is 9.72 Å². The Kier molecular flexibility index (Phi) is 2.82. The number of carbonyl (C=O) groups excluding carboxylic acids is 1. The zero-order valence-corrected chi connectivity index (χ0v) is 6.69. The normalized spacial score (nSPS) is 12.5. The fourth-order valence-corrected chi connectivity index (χ4v) is 0.798. The standard InChI is InChI=1S/C7H10N2O3/c1-11-7(10)6(8)2-5-3-12-4-9-5/h3-4,6H,2,8H2,1H3. The van der Waals surface area contributed by atoms with Gasteiger partial charge in [-0.05, 0) is 0 Å². The fraction of sp³-hybridized carbons (Fsp3) is 0.429. The molecule has 5 nitrogen and oxygen atoms in total. The Balaban J connectivity index is 2.47. The van der Waals surface area contributed by atoms with Gasteiger partial charge >= 0.3 is 5.97 Å². The number of nitrogens with zero attached hydrogens (tertiary/aromatic N) is 1. The van der Waals surface area contributed by atoms with Crippen LogP contribution < -0.4 is 5.73 Å². The Bertz CT molecular complexity index is 245. The second-order valence-corrected chi connectivity index (χ2v) is 2.31. The minimum atomic E-state index is -0.667. The molecule has 0 spiro atoms. The van der Waals surface area contributed by atoms with Crippen LogP contribution in [-0.4, -0.2) is 24.1 Å². The number of oxazole rings is 1. The van der Waals surface area contributed by atoms with Crippen molar-refractivity contribution in [1.82, 2.24) is 4.98 Å². The molecule has 5 heteroatoms. The molecule has 0 amide bonds. The molecule has 0 saturated carbocycles. The molecular formula is C7H10N2O3. The molecule has 12 heavy (non-hydrogen) atoms. The van der Waals surface area contributed by atoms with E-state index in [1.807, 2.05) is 0 Å². The van der Waals surface area contributed by atoms with E-state index in [-0.39, 0.29) is 0 Å². The third-order valence-corrected chi connectivity index (χ3v) is 1.42. The topological polar surface area (TPSA) is 78.4 Å². The van der Waals surface area contributed by atoms with Crippen LogP contribution in [0.1, 0.15) is 5.69 Å². The molecule has 1 unspecified atom stereocenters. The van der Waals surface area contributed by atoms with Gasteiger partial charge in [0.05, 0.1) is 12.8 Å². The quantitative estimate of drug-likeness (QED) is 0.631. The maximum absolute atomic E-state index is 10.8. The van der Waals surface area contributed by atoms with Crippen molar-refractivity contribution >= 4 is 5.97 Å². The Morgan fingerprint density at radius 2 is 2.67 bits per heavy atom. The van der Waals surface area contributed by atoms with Crippen LogP contribution in [-0.2, 0) is 16.0 Å². The highest BCUT2D eigenvalue weighted by molar-refractivity contribution is 5.75. The van der Waals surface area contributed by atoms with E-state index in [9.17, 15) is 4.79 Å². The lowest BCUT2D eigenvalue weighted by molar-refractivity contribution is -0.142. The van der Waals surface area contributed by atoms with Gasteiger partial charge in [-0.2, -0.15) is 0 Å². The molecular weight excluding hydrogens is 160 g/mol. The third kappa shape index (κ3) is 2.06. The SMILES string of the molecule is COC(=O)C(N)Cc1cocn1. The molecule has 1 aromatic rings. The Morgan fingerprint density at radius 1 is 1.92 bits per heavy atom. The van der Waals surface area contributed by atoms with Crippen LogP contribution in [0.15, 0.2) is 17.1 Å². The zero-order valence-electron chi connectivity index (χ0n) is 6.69. The van der Waals surface area contributed by atoms with E-state index in [0.717, 1.165) is 0 Å². The zero-order chi connectivity index (χ0) is 8.97. The smallest absolute Gasteiger partial charge is 0.323 e. The maximum atomic E-state index is 10.8. The molecule has 1 rings (SSSR count). The molecule has 0 fully saturated rings. The number of nitrogens with two attached hydrogens (primary N) is 1. The second-order valence-electron chi connectivity index (χ2n) is 2.31. The molecule has 0 bridgehead atoms. The molecule has 1 heterocycles. The summed E-state index contributed by atoms with van der Waals surface area (Å²) >= 11 is 0. The predicted octanol–water partition coefficient (Wildman–Crippen LogP) is -0.283. The van der Waals surface area contributed by atoms with Crippen molar-refractivity contribution in [2.75, 3.05) is 7.11 Å². The summed E-state index contributed by atoms with van der Waals surface area (Å²) in [5.41, 5.74) is 6.11. The largest absolute Gasteiger partial charge is 0.468 e. The van der Waals surface area contributed by atoms with Gasteiger partial charge in [0.2, 0.25) is 0 Å². The van der Waals surface area contributed by atoms with Crippen LogP contribution in [0.4, 0.5) is 0 Å². The summed E-state index contributed by atoms with van der Waals surface area (Å²) in [4.78, 5) is 14.7. The lowest BCUT2D eigenvalue weighted by Gasteiger charge is -2.05. The van der Waals surface area contributed by atoms with Gasteiger partial charge in [0.15, 0.2) is 6.39 Å². The van der Waals surface area contributed by atoms with Gasteiger partial charge < -0.3 is 14.9 Å². The number of carbonyl (C=O) groups is 1. The molecule has 0 aliphatic rings. The molecule has 2 N–H and O–H groups in total. The van der Waals surface area contributed by atoms with Gasteiger partial charge in [-0.1, -0.05) is 0 Å². The van der Waals surface area contributed by atoms with Crippen molar-refractivity contribution in [3.05, 3.63) is 18.4 Å². The number of rotatable bonds is 3. The van der Waals surface area contributed by atoms with Gasteiger partial charge in [0.1, 0.15) is 12.3 Å². The van der Waals surface area contributed by atoms with Crippen LogP contribution in [0.5, 0.6) is 0 Å². The highest BCUT2D eigenvalue weighted by Crippen LogP contribution is 1.99. The number of methoxy groups -OCH3 is 1. The maximum Gasteiger partial charge on any atom is 0.323 e. The molecule has 1 atom stereocenters. The van der Waals surface area contributed by atoms with Crippen LogP contribution in [0.3, 0.4) is 0 Å². The highest BCUT2D eigenvalue weighted by Gasteiger charge is 2.15. The van der Waals surface area contributed by atoms with Crippen LogP contribution in [0.25, 0.3) is 0 Å². The third-order valence-electron chi connectivity index (χ3n) is 1.42. The summed E-state index contributed by atoms with van der Waals surface area (Å²) in [6.07, 6.45) is 3.07. The average Bonchev–Trinajstić information content (AvgIpc) is 2.55. The van der Waals surface area contributed by atoms with E-state index in [1.165, 1.54) is 19.8 Å². The van der Waals surface area contributed by atoms with E-state index < -0.39 is 12.0 Å². The number of hydrogen-bond donors (Lipinski definition) is 1. The summed E-state index contributed by atoms with van der Waals surface area (Å²) in [5.74, 6) is -0.446. The lowest BCUT2D eigenvalue weighted by atomic mass is 10.2. The summed E-state index contributed by atoms with van der Waals surface area (Å²) in [6.45, 7) is 0. The van der Waals surface area contributed by atoms with Gasteiger partial charge in [-0.3, -0.25) is 4.79 Å². The van der Waals surface area contributed by atoms with Crippen molar-refractivity contribution in [1.29, 1.82) is 0 Å². The van der Waals surface area contributed by atoms with Crippen LogP contribution in [0, 0.1) is 0 Å². The van der Waals surface area contributed by atoms with E-state index in [1.54, 1.807) is 0 Å². The van der Waals surface area contributed by atoms with Crippen molar-refractivity contribution in [2.24, 2.45) is 5.73 Å². The molecule has 66 valence electrons. The summed E-state index contributed by atoms with van der Waals surface area (Å²) in [5, 5.41) is 0. The number of esters is 1. The number of ether oxygens (including phenoxy) is 1. The van der Waals surface area contributed by atoms with Gasteiger partial charge in [0, 0.05) is 6.42 Å².